The minimum Gasteiger partial charge on any atom is -0.497 e. The van der Waals surface area contributed by atoms with Crippen LogP contribution in [0.1, 0.15) is 36.0 Å². The molecule has 1 amide bonds. The number of rotatable bonds is 6. The minimum absolute atomic E-state index is 0.0210. The van der Waals surface area contributed by atoms with Gasteiger partial charge in [-0.2, -0.15) is 0 Å². The Labute approximate surface area is 171 Å². The van der Waals surface area contributed by atoms with Gasteiger partial charge in [-0.05, 0) is 55.3 Å². The van der Waals surface area contributed by atoms with Crippen LogP contribution in [0, 0.1) is 0 Å². The summed E-state index contributed by atoms with van der Waals surface area (Å²) >= 11 is 0. The number of nitrogens with one attached hydrogen (secondary N) is 1. The van der Waals surface area contributed by atoms with Gasteiger partial charge >= 0.3 is 0 Å². The monoisotopic (exact) mass is 418 g/mol. The lowest BCUT2D eigenvalue weighted by atomic mass is 9.92. The zero-order valence-corrected chi connectivity index (χ0v) is 17.4. The lowest BCUT2D eigenvalue weighted by Crippen LogP contribution is -2.45. The second-order valence-corrected chi connectivity index (χ2v) is 9.10. The molecule has 156 valence electrons. The van der Waals surface area contributed by atoms with Crippen LogP contribution in [-0.2, 0) is 10.0 Å². The van der Waals surface area contributed by atoms with Gasteiger partial charge in [-0.1, -0.05) is 18.9 Å². The summed E-state index contributed by atoms with van der Waals surface area (Å²) in [4.78, 5) is 12.6. The van der Waals surface area contributed by atoms with Gasteiger partial charge in [0.05, 0.1) is 29.8 Å². The summed E-state index contributed by atoms with van der Waals surface area (Å²) in [6, 6.07) is 12.3. The Morgan fingerprint density at radius 2 is 1.83 bits per heavy atom. The molecule has 0 aromatic heterocycles. The second kappa shape index (κ2) is 8.84. The van der Waals surface area contributed by atoms with Gasteiger partial charge in [0.25, 0.3) is 15.9 Å². The molecule has 3 rings (SSSR count). The number of aliphatic hydroxyl groups excluding tert-OH is 1. The zero-order chi connectivity index (χ0) is 21.0. The maximum absolute atomic E-state index is 13.0. The molecule has 0 aliphatic heterocycles. The van der Waals surface area contributed by atoms with Gasteiger partial charge < -0.3 is 15.2 Å². The average Bonchev–Trinajstić information content (AvgIpc) is 2.75. The van der Waals surface area contributed by atoms with Crippen molar-refractivity contribution >= 4 is 21.6 Å². The molecular formula is C21H26N2O5S. The van der Waals surface area contributed by atoms with E-state index in [1.165, 1.54) is 19.2 Å². The second-order valence-electron chi connectivity index (χ2n) is 7.13. The van der Waals surface area contributed by atoms with Gasteiger partial charge in [0.15, 0.2) is 0 Å². The Hall–Kier alpha value is -2.58. The molecule has 8 heteroatoms. The quantitative estimate of drug-likeness (QED) is 0.752. The topological polar surface area (TPSA) is 95.9 Å². The van der Waals surface area contributed by atoms with Crippen molar-refractivity contribution in [2.24, 2.45) is 0 Å². The summed E-state index contributed by atoms with van der Waals surface area (Å²) in [6.45, 7) is 0. The largest absolute Gasteiger partial charge is 0.497 e. The van der Waals surface area contributed by atoms with Gasteiger partial charge in [0, 0.05) is 12.6 Å². The van der Waals surface area contributed by atoms with Crippen LogP contribution >= 0.6 is 0 Å². The fraction of sp³-hybridized carbons (Fsp3) is 0.381. The molecule has 0 bridgehead atoms. The van der Waals surface area contributed by atoms with Gasteiger partial charge in [-0.25, -0.2) is 8.42 Å². The molecule has 2 aromatic rings. The molecule has 2 aromatic carbocycles. The normalized spacial score (nSPS) is 19.4. The van der Waals surface area contributed by atoms with E-state index in [0.717, 1.165) is 17.1 Å². The third-order valence-electron chi connectivity index (χ3n) is 5.24. The highest BCUT2D eigenvalue weighted by Gasteiger charge is 2.26. The minimum atomic E-state index is -3.85. The molecule has 0 unspecified atom stereocenters. The van der Waals surface area contributed by atoms with Crippen LogP contribution in [0.4, 0.5) is 5.69 Å². The highest BCUT2D eigenvalue weighted by atomic mass is 32.2. The van der Waals surface area contributed by atoms with E-state index in [-0.39, 0.29) is 22.4 Å². The van der Waals surface area contributed by atoms with Gasteiger partial charge in [-0.15, -0.1) is 0 Å². The number of hydrogen-bond donors (Lipinski definition) is 2. The molecule has 7 nitrogen and oxygen atoms in total. The lowest BCUT2D eigenvalue weighted by molar-refractivity contribution is 0.0717. The molecule has 29 heavy (non-hydrogen) atoms. The molecule has 1 aliphatic rings. The SMILES string of the molecule is COc1ccc(N(C)S(=O)(=O)c2cccc(C(=O)N[C@@H]3CCCC[C@@H]3O)c2)cc1. The number of methoxy groups -OCH3 is 1. The van der Waals surface area contributed by atoms with Crippen LogP contribution in [0.25, 0.3) is 0 Å². The van der Waals surface area contributed by atoms with Crippen molar-refractivity contribution in [1.29, 1.82) is 0 Å². The summed E-state index contributed by atoms with van der Waals surface area (Å²) in [5.74, 6) is 0.239. The Morgan fingerprint density at radius 1 is 1.14 bits per heavy atom. The highest BCUT2D eigenvalue weighted by Crippen LogP contribution is 2.25. The van der Waals surface area contributed by atoms with Crippen molar-refractivity contribution in [3.05, 3.63) is 54.1 Å². The number of hydrogen-bond acceptors (Lipinski definition) is 5. The summed E-state index contributed by atoms with van der Waals surface area (Å²) in [6.07, 6.45) is 2.69. The Kier molecular flexibility index (Phi) is 6.44. The van der Waals surface area contributed by atoms with Crippen LogP contribution < -0.4 is 14.4 Å². The molecule has 2 N–H and O–H groups in total. The molecule has 1 aliphatic carbocycles. The number of carbonyl (C=O) groups excluding carboxylic acids is 1. The number of amides is 1. The standard InChI is InChI=1S/C21H26N2O5S/c1-23(16-10-12-17(28-2)13-11-16)29(26,27)18-7-5-6-15(14-18)21(25)22-19-8-3-4-9-20(19)24/h5-7,10-14,19-20,24H,3-4,8-9H2,1-2H3,(H,22,25)/t19-,20+/m1/s1. The molecule has 1 fully saturated rings. The smallest absolute Gasteiger partial charge is 0.264 e. The summed E-state index contributed by atoms with van der Waals surface area (Å²) in [7, 11) is -0.848. The first-order valence-corrected chi connectivity index (χ1v) is 11.0. The van der Waals surface area contributed by atoms with Gasteiger partial charge in [-0.3, -0.25) is 9.10 Å². The van der Waals surface area contributed by atoms with Gasteiger partial charge in [0.2, 0.25) is 0 Å². The Balaban J connectivity index is 1.80. The molecule has 0 saturated heterocycles. The maximum Gasteiger partial charge on any atom is 0.264 e. The number of aliphatic hydroxyl groups is 1. The number of ether oxygens (including phenoxy) is 1. The van der Waals surface area contributed by atoms with Crippen molar-refractivity contribution in [1.82, 2.24) is 5.32 Å². The number of nitrogens with zero attached hydrogens (tertiary/aromatic N) is 1. The van der Waals surface area contributed by atoms with Crippen molar-refractivity contribution in [3.63, 3.8) is 0 Å². The van der Waals surface area contributed by atoms with Crippen LogP contribution in [0.5, 0.6) is 5.75 Å². The highest BCUT2D eigenvalue weighted by molar-refractivity contribution is 7.92. The van der Waals surface area contributed by atoms with Crippen molar-refractivity contribution in [2.45, 2.75) is 42.7 Å². The van der Waals surface area contributed by atoms with Crippen molar-refractivity contribution < 1.29 is 23.1 Å². The fourth-order valence-corrected chi connectivity index (χ4v) is 4.66. The van der Waals surface area contributed by atoms with Crippen molar-refractivity contribution in [3.8, 4) is 5.75 Å². The predicted molar refractivity (Wildman–Crippen MR) is 111 cm³/mol. The van der Waals surface area contributed by atoms with Crippen LogP contribution in [0.2, 0.25) is 0 Å². The van der Waals surface area contributed by atoms with E-state index in [2.05, 4.69) is 5.32 Å². The summed E-state index contributed by atoms with van der Waals surface area (Å²) < 4.78 is 32.3. The zero-order valence-electron chi connectivity index (χ0n) is 16.5. The molecule has 0 heterocycles. The third-order valence-corrected chi connectivity index (χ3v) is 7.02. The molecule has 1 saturated carbocycles. The van der Waals surface area contributed by atoms with E-state index in [9.17, 15) is 18.3 Å². The first-order valence-electron chi connectivity index (χ1n) is 9.55. The fourth-order valence-electron chi connectivity index (χ4n) is 3.42. The summed E-state index contributed by atoms with van der Waals surface area (Å²) in [5, 5.41) is 12.9. The van der Waals surface area contributed by atoms with Crippen LogP contribution in [0.15, 0.2) is 53.4 Å². The Morgan fingerprint density at radius 3 is 2.48 bits per heavy atom. The first-order chi connectivity index (χ1) is 13.8. The molecule has 2 atom stereocenters. The molecule has 0 spiro atoms. The molecular weight excluding hydrogens is 392 g/mol. The molecule has 0 radical (unpaired) electrons. The van der Waals surface area contributed by atoms with Gasteiger partial charge in [0.1, 0.15) is 5.75 Å². The van der Waals surface area contributed by atoms with E-state index >= 15 is 0 Å². The van der Waals surface area contributed by atoms with E-state index in [1.807, 2.05) is 0 Å². The number of sulfonamides is 1. The van der Waals surface area contributed by atoms with E-state index < -0.39 is 16.1 Å². The average molecular weight is 419 g/mol. The van der Waals surface area contributed by atoms with E-state index in [4.69, 9.17) is 4.74 Å². The number of carbonyl (C=O) groups is 1. The lowest BCUT2D eigenvalue weighted by Gasteiger charge is -2.28. The first kappa shape index (κ1) is 21.1. The Bertz CT molecular complexity index is 959. The van der Waals surface area contributed by atoms with Crippen LogP contribution in [0.3, 0.4) is 0 Å². The third kappa shape index (κ3) is 4.71. The maximum atomic E-state index is 13.0. The summed E-state index contributed by atoms with van der Waals surface area (Å²) in [5.41, 5.74) is 0.720. The number of benzene rings is 2. The predicted octanol–water partition coefficient (Wildman–Crippen LogP) is 2.55. The van der Waals surface area contributed by atoms with E-state index in [0.29, 0.717) is 24.3 Å². The van der Waals surface area contributed by atoms with E-state index in [1.54, 1.807) is 43.5 Å². The van der Waals surface area contributed by atoms with Crippen molar-refractivity contribution in [2.75, 3.05) is 18.5 Å². The number of anilines is 1. The van der Waals surface area contributed by atoms with Crippen LogP contribution in [-0.4, -0.2) is 45.7 Å².